The minimum atomic E-state index is -0.568. The maximum atomic E-state index is 11.9. The largest absolute Gasteiger partial charge is 0.497 e. The molecule has 0 saturated heterocycles. The highest BCUT2D eigenvalue weighted by molar-refractivity contribution is 7.17. The van der Waals surface area contributed by atoms with E-state index >= 15 is 0 Å². The van der Waals surface area contributed by atoms with Gasteiger partial charge in [-0.1, -0.05) is 30.3 Å². The third-order valence-corrected chi connectivity index (χ3v) is 4.42. The van der Waals surface area contributed by atoms with Crippen LogP contribution < -0.4 is 10.2 Å². The Bertz CT molecular complexity index is 814. The van der Waals surface area contributed by atoms with Crippen LogP contribution in [0.3, 0.4) is 0 Å². The number of carbonyl (C=O) groups is 1. The molecule has 0 radical (unpaired) electrons. The molecular formula is C17H14N2O3S. The fourth-order valence-electron chi connectivity index (χ4n) is 2.17. The van der Waals surface area contributed by atoms with E-state index in [9.17, 15) is 4.79 Å². The highest BCUT2D eigenvalue weighted by Crippen LogP contribution is 2.34. The van der Waals surface area contributed by atoms with Gasteiger partial charge in [0.05, 0.1) is 12.8 Å². The smallest absolute Gasteiger partial charge is 0.287 e. The summed E-state index contributed by atoms with van der Waals surface area (Å²) in [6, 6.07) is 16.8. The van der Waals surface area contributed by atoms with Crippen molar-refractivity contribution in [3.63, 3.8) is 0 Å². The molecule has 0 aliphatic rings. The summed E-state index contributed by atoms with van der Waals surface area (Å²) < 4.78 is 5.14. The molecule has 0 saturated carbocycles. The van der Waals surface area contributed by atoms with Crippen molar-refractivity contribution in [3.05, 3.63) is 59.5 Å². The number of carbonyl (C=O) groups excluding carboxylic acids is 1. The fourth-order valence-corrected chi connectivity index (χ4v) is 3.16. The quantitative estimate of drug-likeness (QED) is 0.567. The van der Waals surface area contributed by atoms with E-state index in [0.29, 0.717) is 15.6 Å². The van der Waals surface area contributed by atoms with Gasteiger partial charge in [-0.2, -0.15) is 0 Å². The summed E-state index contributed by atoms with van der Waals surface area (Å²) in [6.07, 6.45) is 0. The average Bonchev–Trinajstić information content (AvgIpc) is 3.07. The van der Waals surface area contributed by atoms with Crippen LogP contribution in [0.15, 0.2) is 54.6 Å². The highest BCUT2D eigenvalue weighted by atomic mass is 32.1. The molecule has 3 aromatic rings. The van der Waals surface area contributed by atoms with E-state index in [2.05, 4.69) is 4.98 Å². The summed E-state index contributed by atoms with van der Waals surface area (Å²) in [7, 11) is 1.61. The third kappa shape index (κ3) is 3.08. The second-order valence-corrected chi connectivity index (χ2v) is 5.73. The molecule has 3 rings (SSSR count). The summed E-state index contributed by atoms with van der Waals surface area (Å²) in [6.45, 7) is 0. The number of ether oxygens (including phenoxy) is 1. The number of methoxy groups -OCH3 is 1. The van der Waals surface area contributed by atoms with Crippen LogP contribution in [0, 0.1) is 0 Å². The molecule has 23 heavy (non-hydrogen) atoms. The summed E-state index contributed by atoms with van der Waals surface area (Å²) in [5.74, 6) is 0.183. The van der Waals surface area contributed by atoms with Crippen LogP contribution >= 0.6 is 11.3 Å². The van der Waals surface area contributed by atoms with E-state index in [1.54, 1.807) is 12.6 Å². The Morgan fingerprint density at radius 2 is 1.78 bits per heavy atom. The Morgan fingerprint density at radius 1 is 1.09 bits per heavy atom. The Morgan fingerprint density at radius 3 is 2.39 bits per heavy atom. The van der Waals surface area contributed by atoms with Crippen LogP contribution in [0.4, 0.5) is 0 Å². The lowest BCUT2D eigenvalue weighted by Crippen LogP contribution is -2.18. The standard InChI is InChI=1S/C17H14N2O3S/c1-22-13-9-7-12(8-10-13)17-18-14(11-5-3-2-4-6-11)15(23-17)16(20)19-21/h2-10,21H,1H3,(H,19,20). The molecular weight excluding hydrogens is 312 g/mol. The van der Waals surface area contributed by atoms with Crippen molar-refractivity contribution in [1.82, 2.24) is 10.5 Å². The van der Waals surface area contributed by atoms with Gasteiger partial charge in [0, 0.05) is 11.1 Å². The second kappa shape index (κ2) is 6.60. The Labute approximate surface area is 137 Å². The van der Waals surface area contributed by atoms with E-state index in [-0.39, 0.29) is 0 Å². The lowest BCUT2D eigenvalue weighted by Gasteiger charge is -2.00. The minimum Gasteiger partial charge on any atom is -0.497 e. The molecule has 0 bridgehead atoms. The molecule has 2 aromatic carbocycles. The Hall–Kier alpha value is -2.70. The number of nitrogens with zero attached hydrogens (tertiary/aromatic N) is 1. The zero-order valence-corrected chi connectivity index (χ0v) is 13.1. The molecule has 6 heteroatoms. The first-order valence-corrected chi connectivity index (χ1v) is 7.69. The zero-order chi connectivity index (χ0) is 16.2. The molecule has 0 aliphatic heterocycles. The van der Waals surface area contributed by atoms with Gasteiger partial charge < -0.3 is 4.74 Å². The summed E-state index contributed by atoms with van der Waals surface area (Å²) in [4.78, 5) is 16.9. The number of thiazole rings is 1. The molecule has 0 aliphatic carbocycles. The number of nitrogens with one attached hydrogen (secondary N) is 1. The molecule has 0 atom stereocenters. The van der Waals surface area contributed by atoms with Crippen molar-refractivity contribution in [1.29, 1.82) is 0 Å². The van der Waals surface area contributed by atoms with E-state index < -0.39 is 5.91 Å². The van der Waals surface area contributed by atoms with Crippen LogP contribution in [-0.4, -0.2) is 23.2 Å². The molecule has 0 unspecified atom stereocenters. The van der Waals surface area contributed by atoms with E-state index in [1.807, 2.05) is 54.6 Å². The highest BCUT2D eigenvalue weighted by Gasteiger charge is 2.19. The fraction of sp³-hybridized carbons (Fsp3) is 0.0588. The summed E-state index contributed by atoms with van der Waals surface area (Å²) >= 11 is 1.23. The summed E-state index contributed by atoms with van der Waals surface area (Å²) in [5, 5.41) is 9.67. The predicted octanol–water partition coefficient (Wildman–Crippen LogP) is 3.60. The number of aromatic nitrogens is 1. The van der Waals surface area contributed by atoms with Gasteiger partial charge in [-0.15, -0.1) is 11.3 Å². The predicted molar refractivity (Wildman–Crippen MR) is 88.8 cm³/mol. The Kier molecular flexibility index (Phi) is 4.36. The minimum absolute atomic E-state index is 0.365. The van der Waals surface area contributed by atoms with Gasteiger partial charge in [0.1, 0.15) is 15.6 Å². The molecule has 1 aromatic heterocycles. The average molecular weight is 326 g/mol. The lowest BCUT2D eigenvalue weighted by atomic mass is 10.1. The SMILES string of the molecule is COc1ccc(-c2nc(-c3ccccc3)c(C(=O)NO)s2)cc1. The Balaban J connectivity index is 2.09. The van der Waals surface area contributed by atoms with Gasteiger partial charge in [-0.25, -0.2) is 10.5 Å². The molecule has 1 heterocycles. The summed E-state index contributed by atoms with van der Waals surface area (Å²) in [5.41, 5.74) is 3.94. The van der Waals surface area contributed by atoms with Crippen molar-refractivity contribution in [3.8, 4) is 27.6 Å². The topological polar surface area (TPSA) is 71.5 Å². The van der Waals surface area contributed by atoms with Gasteiger partial charge >= 0.3 is 0 Å². The first-order valence-electron chi connectivity index (χ1n) is 6.88. The van der Waals surface area contributed by atoms with Crippen molar-refractivity contribution >= 4 is 17.2 Å². The van der Waals surface area contributed by atoms with E-state index in [4.69, 9.17) is 9.94 Å². The lowest BCUT2D eigenvalue weighted by molar-refractivity contribution is 0.0711. The molecule has 2 N–H and O–H groups in total. The van der Waals surface area contributed by atoms with Gasteiger partial charge in [0.15, 0.2) is 0 Å². The monoisotopic (exact) mass is 326 g/mol. The van der Waals surface area contributed by atoms with Crippen molar-refractivity contribution < 1.29 is 14.7 Å². The van der Waals surface area contributed by atoms with Gasteiger partial charge in [-0.3, -0.25) is 10.0 Å². The maximum Gasteiger partial charge on any atom is 0.287 e. The van der Waals surface area contributed by atoms with Crippen LogP contribution in [-0.2, 0) is 0 Å². The third-order valence-electron chi connectivity index (χ3n) is 3.32. The molecule has 5 nitrogen and oxygen atoms in total. The number of amides is 1. The number of benzene rings is 2. The van der Waals surface area contributed by atoms with Crippen LogP contribution in [0.25, 0.3) is 21.8 Å². The number of rotatable bonds is 4. The van der Waals surface area contributed by atoms with Gasteiger partial charge in [-0.05, 0) is 24.3 Å². The van der Waals surface area contributed by atoms with Crippen LogP contribution in [0.1, 0.15) is 9.67 Å². The van der Waals surface area contributed by atoms with Crippen LogP contribution in [0.5, 0.6) is 5.75 Å². The molecule has 116 valence electrons. The van der Waals surface area contributed by atoms with Gasteiger partial charge in [0.25, 0.3) is 5.91 Å². The van der Waals surface area contributed by atoms with Crippen molar-refractivity contribution in [2.24, 2.45) is 0 Å². The molecule has 1 amide bonds. The van der Waals surface area contributed by atoms with Crippen molar-refractivity contribution in [2.75, 3.05) is 7.11 Å². The zero-order valence-electron chi connectivity index (χ0n) is 12.3. The number of hydrogen-bond acceptors (Lipinski definition) is 5. The van der Waals surface area contributed by atoms with Crippen molar-refractivity contribution in [2.45, 2.75) is 0 Å². The first-order chi connectivity index (χ1) is 11.2. The van der Waals surface area contributed by atoms with E-state index in [1.165, 1.54) is 11.3 Å². The van der Waals surface area contributed by atoms with Crippen LogP contribution in [0.2, 0.25) is 0 Å². The molecule has 0 spiro atoms. The van der Waals surface area contributed by atoms with Gasteiger partial charge in [0.2, 0.25) is 0 Å². The first kappa shape index (κ1) is 15.2. The van der Waals surface area contributed by atoms with E-state index in [0.717, 1.165) is 16.9 Å². The second-order valence-electron chi connectivity index (χ2n) is 4.73. The molecule has 0 fully saturated rings. The maximum absolute atomic E-state index is 11.9. The number of hydroxylamine groups is 1. The normalized spacial score (nSPS) is 10.3. The number of hydrogen-bond donors (Lipinski definition) is 2.